The summed E-state index contributed by atoms with van der Waals surface area (Å²) in [5.74, 6) is -2.19. The third-order valence-electron chi connectivity index (χ3n) is 5.02. The number of ether oxygens (including phenoxy) is 1. The number of amides is 2. The number of nitrogens with zero attached hydrogens (tertiary/aromatic N) is 2. The van der Waals surface area contributed by atoms with Gasteiger partial charge in [-0.3, -0.25) is 4.79 Å². The quantitative estimate of drug-likeness (QED) is 0.547. The predicted molar refractivity (Wildman–Crippen MR) is 101 cm³/mol. The van der Waals surface area contributed by atoms with Gasteiger partial charge < -0.3 is 19.9 Å². The summed E-state index contributed by atoms with van der Waals surface area (Å²) in [6, 6.07) is 2.78. The molecule has 1 atom stereocenters. The van der Waals surface area contributed by atoms with Gasteiger partial charge in [-0.05, 0) is 18.9 Å². The van der Waals surface area contributed by atoms with E-state index in [2.05, 4.69) is 20.0 Å². The highest BCUT2D eigenvalue weighted by Crippen LogP contribution is 2.35. The van der Waals surface area contributed by atoms with Crippen molar-refractivity contribution in [2.24, 2.45) is 0 Å². The summed E-state index contributed by atoms with van der Waals surface area (Å²) in [5, 5.41) is 2.83. The van der Waals surface area contributed by atoms with Crippen LogP contribution in [0, 0.1) is 11.6 Å². The standard InChI is InChI=1S/C20H24F2N4O3/c1-29-16(27)8-3-2-4-10-23-20(28)26-11-9-15-18(25-12-24-15)19(26)13-6-5-7-14(21)17(13)22/h5-7,12,19H,2-4,8-11H2,1H3,(H,23,28)(H,24,25)/t19-/m1/s1. The maximum absolute atomic E-state index is 14.5. The number of aromatic nitrogens is 2. The second-order valence-electron chi connectivity index (χ2n) is 6.87. The molecule has 9 heteroatoms. The maximum Gasteiger partial charge on any atom is 0.318 e. The number of aromatic amines is 1. The van der Waals surface area contributed by atoms with Crippen molar-refractivity contribution in [2.75, 3.05) is 20.2 Å². The minimum atomic E-state index is -0.978. The first kappa shape index (κ1) is 20.8. The van der Waals surface area contributed by atoms with Crippen LogP contribution in [-0.2, 0) is 16.0 Å². The van der Waals surface area contributed by atoms with Crippen molar-refractivity contribution in [2.45, 2.75) is 38.1 Å². The van der Waals surface area contributed by atoms with Gasteiger partial charge in [0.05, 0.1) is 19.1 Å². The molecule has 0 bridgehead atoms. The third-order valence-corrected chi connectivity index (χ3v) is 5.02. The fourth-order valence-electron chi connectivity index (χ4n) is 3.51. The van der Waals surface area contributed by atoms with Crippen molar-refractivity contribution in [3.05, 3.63) is 53.1 Å². The molecule has 1 aliphatic rings. The van der Waals surface area contributed by atoms with E-state index in [1.54, 1.807) is 0 Å². The van der Waals surface area contributed by atoms with Crippen molar-refractivity contribution in [1.82, 2.24) is 20.2 Å². The molecule has 29 heavy (non-hydrogen) atoms. The first-order valence-corrected chi connectivity index (χ1v) is 9.60. The summed E-state index contributed by atoms with van der Waals surface area (Å²) >= 11 is 0. The van der Waals surface area contributed by atoms with Crippen LogP contribution < -0.4 is 5.32 Å². The lowest BCUT2D eigenvalue weighted by Crippen LogP contribution is -2.46. The number of esters is 1. The number of hydrogen-bond donors (Lipinski definition) is 2. The number of carbonyl (C=O) groups excluding carboxylic acids is 2. The van der Waals surface area contributed by atoms with Gasteiger partial charge in [-0.1, -0.05) is 18.6 Å². The van der Waals surface area contributed by atoms with Crippen LogP contribution >= 0.6 is 0 Å². The number of fused-ring (bicyclic) bond motifs is 1. The summed E-state index contributed by atoms with van der Waals surface area (Å²) in [4.78, 5) is 32.6. The molecule has 0 saturated carbocycles. The molecule has 7 nitrogen and oxygen atoms in total. The summed E-state index contributed by atoms with van der Waals surface area (Å²) in [6.45, 7) is 0.770. The largest absolute Gasteiger partial charge is 0.469 e. The molecule has 2 heterocycles. The Hall–Kier alpha value is -2.97. The summed E-state index contributed by atoms with van der Waals surface area (Å²) < 4.78 is 32.9. The number of carbonyl (C=O) groups is 2. The van der Waals surface area contributed by atoms with E-state index in [1.807, 2.05) is 0 Å². The fraction of sp³-hybridized carbons (Fsp3) is 0.450. The van der Waals surface area contributed by atoms with Gasteiger partial charge in [-0.25, -0.2) is 18.6 Å². The molecule has 3 rings (SSSR count). The highest BCUT2D eigenvalue weighted by Gasteiger charge is 2.36. The lowest BCUT2D eigenvalue weighted by molar-refractivity contribution is -0.140. The topological polar surface area (TPSA) is 87.3 Å². The van der Waals surface area contributed by atoms with Crippen LogP contribution in [0.25, 0.3) is 0 Å². The molecule has 0 unspecified atom stereocenters. The zero-order chi connectivity index (χ0) is 20.8. The Morgan fingerprint density at radius 1 is 1.31 bits per heavy atom. The Bertz CT molecular complexity index is 871. The number of rotatable bonds is 7. The average molecular weight is 406 g/mol. The van der Waals surface area contributed by atoms with E-state index in [0.29, 0.717) is 44.5 Å². The molecular formula is C20H24F2N4O3. The van der Waals surface area contributed by atoms with Gasteiger partial charge in [0, 0.05) is 37.2 Å². The van der Waals surface area contributed by atoms with Gasteiger partial charge in [0.2, 0.25) is 0 Å². The minimum Gasteiger partial charge on any atom is -0.469 e. The number of unbranched alkanes of at least 4 members (excludes halogenated alkanes) is 2. The number of benzene rings is 1. The first-order chi connectivity index (χ1) is 14.0. The highest BCUT2D eigenvalue weighted by atomic mass is 19.2. The second-order valence-corrected chi connectivity index (χ2v) is 6.87. The van der Waals surface area contributed by atoms with Crippen LogP contribution in [0.15, 0.2) is 24.5 Å². The van der Waals surface area contributed by atoms with Crippen molar-refractivity contribution >= 4 is 12.0 Å². The van der Waals surface area contributed by atoms with Crippen molar-refractivity contribution in [3.8, 4) is 0 Å². The monoisotopic (exact) mass is 406 g/mol. The Balaban J connectivity index is 1.66. The van der Waals surface area contributed by atoms with Crippen molar-refractivity contribution in [1.29, 1.82) is 0 Å². The zero-order valence-electron chi connectivity index (χ0n) is 16.2. The Morgan fingerprint density at radius 2 is 2.14 bits per heavy atom. The fourth-order valence-corrected chi connectivity index (χ4v) is 3.51. The zero-order valence-corrected chi connectivity index (χ0v) is 16.2. The van der Waals surface area contributed by atoms with E-state index in [-0.39, 0.29) is 17.6 Å². The second kappa shape index (κ2) is 9.49. The Labute approximate surface area is 167 Å². The van der Waals surface area contributed by atoms with Crippen LogP contribution in [0.2, 0.25) is 0 Å². The van der Waals surface area contributed by atoms with Crippen molar-refractivity contribution < 1.29 is 23.1 Å². The van der Waals surface area contributed by atoms with Crippen LogP contribution in [0.1, 0.15) is 48.7 Å². The Kier molecular flexibility index (Phi) is 6.79. The molecule has 0 fully saturated rings. The highest BCUT2D eigenvalue weighted by molar-refractivity contribution is 5.75. The molecular weight excluding hydrogens is 382 g/mol. The SMILES string of the molecule is COC(=O)CCCCCNC(=O)N1CCc2[nH]cnc2[C@H]1c1cccc(F)c1F. The number of H-pyrrole nitrogens is 1. The van der Waals surface area contributed by atoms with Gasteiger partial charge in [0.1, 0.15) is 6.04 Å². The third kappa shape index (κ3) is 4.72. The van der Waals surface area contributed by atoms with Gasteiger partial charge >= 0.3 is 12.0 Å². The number of nitrogens with one attached hydrogen (secondary N) is 2. The van der Waals surface area contributed by atoms with Crippen molar-refractivity contribution in [3.63, 3.8) is 0 Å². The van der Waals surface area contributed by atoms with E-state index in [9.17, 15) is 18.4 Å². The molecule has 0 aliphatic carbocycles. The number of urea groups is 1. The van der Waals surface area contributed by atoms with E-state index < -0.39 is 17.7 Å². The van der Waals surface area contributed by atoms with E-state index >= 15 is 0 Å². The van der Waals surface area contributed by atoms with E-state index in [0.717, 1.165) is 18.2 Å². The van der Waals surface area contributed by atoms with Crippen LogP contribution in [0.4, 0.5) is 13.6 Å². The van der Waals surface area contributed by atoms with Gasteiger partial charge in [-0.15, -0.1) is 0 Å². The summed E-state index contributed by atoms with van der Waals surface area (Å²) in [5.41, 5.74) is 1.41. The Morgan fingerprint density at radius 3 is 2.93 bits per heavy atom. The first-order valence-electron chi connectivity index (χ1n) is 9.60. The van der Waals surface area contributed by atoms with Crippen LogP contribution in [0.3, 0.4) is 0 Å². The average Bonchev–Trinajstić information content (AvgIpc) is 3.20. The predicted octanol–water partition coefficient (Wildman–Crippen LogP) is 3.08. The smallest absolute Gasteiger partial charge is 0.318 e. The van der Waals surface area contributed by atoms with Crippen LogP contribution in [-0.4, -0.2) is 47.1 Å². The molecule has 2 amide bonds. The minimum absolute atomic E-state index is 0.0753. The summed E-state index contributed by atoms with van der Waals surface area (Å²) in [7, 11) is 1.35. The van der Waals surface area contributed by atoms with Gasteiger partial charge in [0.15, 0.2) is 11.6 Å². The van der Waals surface area contributed by atoms with E-state index in [1.165, 1.54) is 30.5 Å². The molecule has 1 aliphatic heterocycles. The number of methoxy groups -OCH3 is 1. The normalized spacial score (nSPS) is 15.7. The van der Waals surface area contributed by atoms with Crippen LogP contribution in [0.5, 0.6) is 0 Å². The molecule has 2 aromatic rings. The molecule has 0 radical (unpaired) electrons. The lowest BCUT2D eigenvalue weighted by atomic mass is 9.95. The molecule has 0 spiro atoms. The van der Waals surface area contributed by atoms with Gasteiger partial charge in [-0.2, -0.15) is 0 Å². The number of halogens is 2. The maximum atomic E-state index is 14.5. The molecule has 0 saturated heterocycles. The molecule has 2 N–H and O–H groups in total. The molecule has 1 aromatic heterocycles. The summed E-state index contributed by atoms with van der Waals surface area (Å²) in [6.07, 6.45) is 4.54. The number of hydrogen-bond acceptors (Lipinski definition) is 4. The van der Waals surface area contributed by atoms with E-state index in [4.69, 9.17) is 0 Å². The number of imidazole rings is 1. The molecule has 156 valence electrons. The van der Waals surface area contributed by atoms with Gasteiger partial charge in [0.25, 0.3) is 0 Å². The lowest BCUT2D eigenvalue weighted by Gasteiger charge is -2.35. The molecule has 1 aromatic carbocycles.